The molecule has 2 aromatic heterocycles. The van der Waals surface area contributed by atoms with Gasteiger partial charge in [-0.25, -0.2) is 4.98 Å². The van der Waals surface area contributed by atoms with Gasteiger partial charge in [0, 0.05) is 18.0 Å². The van der Waals surface area contributed by atoms with E-state index < -0.39 is 0 Å². The molecule has 0 unspecified atom stereocenters. The summed E-state index contributed by atoms with van der Waals surface area (Å²) in [5.41, 5.74) is 8.36. The van der Waals surface area contributed by atoms with Crippen molar-refractivity contribution in [1.82, 2.24) is 15.0 Å². The Morgan fingerprint density at radius 1 is 1.24 bits per heavy atom. The highest BCUT2D eigenvalue weighted by molar-refractivity contribution is 5.80. The number of hydrogen-bond donors (Lipinski definition) is 3. The summed E-state index contributed by atoms with van der Waals surface area (Å²) in [6.07, 6.45) is 3.37. The highest BCUT2D eigenvalue weighted by Gasteiger charge is 2.09. The molecule has 0 spiro atoms. The van der Waals surface area contributed by atoms with E-state index in [4.69, 9.17) is 5.73 Å². The minimum atomic E-state index is 0.108. The lowest BCUT2D eigenvalue weighted by atomic mass is 10.2. The first-order valence-electron chi connectivity index (χ1n) is 5.12. The van der Waals surface area contributed by atoms with Gasteiger partial charge in [-0.1, -0.05) is 0 Å². The van der Waals surface area contributed by atoms with Crippen LogP contribution in [0.2, 0.25) is 0 Å². The lowest BCUT2D eigenvalue weighted by molar-refractivity contribution is 0.477. The van der Waals surface area contributed by atoms with Crippen molar-refractivity contribution in [3.8, 4) is 17.1 Å². The number of aromatic nitrogens is 3. The monoisotopic (exact) mass is 226 g/mol. The smallest absolute Gasteiger partial charge is 0.142 e. The SMILES string of the molecule is Nc1ccc(-c2nc3ccncc3[nH]2)c(O)c1. The standard InChI is InChI=1S/C12H10N4O/c13-7-1-2-8(11(17)5-7)12-15-9-3-4-14-6-10(9)16-12/h1-6,17H,13H2,(H,15,16). The molecule has 0 amide bonds. The average Bonchev–Trinajstić information content (AvgIpc) is 2.72. The second-order valence-electron chi connectivity index (χ2n) is 3.75. The van der Waals surface area contributed by atoms with Crippen molar-refractivity contribution in [2.24, 2.45) is 0 Å². The number of aromatic amines is 1. The van der Waals surface area contributed by atoms with Gasteiger partial charge >= 0.3 is 0 Å². The highest BCUT2D eigenvalue weighted by atomic mass is 16.3. The molecule has 2 heterocycles. The van der Waals surface area contributed by atoms with E-state index in [2.05, 4.69) is 15.0 Å². The van der Waals surface area contributed by atoms with Crippen LogP contribution in [0.3, 0.4) is 0 Å². The lowest BCUT2D eigenvalue weighted by Gasteiger charge is -2.01. The topological polar surface area (TPSA) is 87.8 Å². The molecule has 84 valence electrons. The molecule has 0 saturated carbocycles. The van der Waals surface area contributed by atoms with E-state index >= 15 is 0 Å². The van der Waals surface area contributed by atoms with Crippen LogP contribution in [0.4, 0.5) is 5.69 Å². The second-order valence-corrected chi connectivity index (χ2v) is 3.75. The first-order chi connectivity index (χ1) is 8.24. The molecule has 1 aromatic carbocycles. The summed E-state index contributed by atoms with van der Waals surface area (Å²) in [7, 11) is 0. The maximum Gasteiger partial charge on any atom is 0.142 e. The van der Waals surface area contributed by atoms with E-state index in [-0.39, 0.29) is 5.75 Å². The molecule has 0 aliphatic rings. The summed E-state index contributed by atoms with van der Waals surface area (Å²) < 4.78 is 0. The van der Waals surface area contributed by atoms with E-state index in [0.717, 1.165) is 11.0 Å². The molecule has 3 aromatic rings. The van der Waals surface area contributed by atoms with Crippen LogP contribution in [0, 0.1) is 0 Å². The maximum atomic E-state index is 9.81. The van der Waals surface area contributed by atoms with E-state index in [1.807, 2.05) is 6.07 Å². The summed E-state index contributed by atoms with van der Waals surface area (Å²) in [4.78, 5) is 11.5. The zero-order valence-electron chi connectivity index (χ0n) is 8.88. The summed E-state index contributed by atoms with van der Waals surface area (Å²) in [6.45, 7) is 0. The van der Waals surface area contributed by atoms with Crippen LogP contribution in [-0.2, 0) is 0 Å². The summed E-state index contributed by atoms with van der Waals surface area (Å²) >= 11 is 0. The molecule has 0 aliphatic carbocycles. The van der Waals surface area contributed by atoms with E-state index in [1.165, 1.54) is 6.07 Å². The minimum Gasteiger partial charge on any atom is -0.507 e. The van der Waals surface area contributed by atoms with Crippen molar-refractivity contribution in [2.75, 3.05) is 5.73 Å². The first-order valence-corrected chi connectivity index (χ1v) is 5.12. The normalized spacial score (nSPS) is 10.8. The third kappa shape index (κ3) is 1.57. The summed E-state index contributed by atoms with van der Waals surface area (Å²) in [5, 5.41) is 9.81. The Morgan fingerprint density at radius 3 is 2.88 bits per heavy atom. The number of fused-ring (bicyclic) bond motifs is 1. The molecule has 0 aliphatic heterocycles. The average molecular weight is 226 g/mol. The third-order valence-corrected chi connectivity index (χ3v) is 2.56. The molecule has 0 saturated heterocycles. The Labute approximate surface area is 97.0 Å². The number of rotatable bonds is 1. The van der Waals surface area contributed by atoms with E-state index in [1.54, 1.807) is 24.5 Å². The molecule has 5 heteroatoms. The van der Waals surface area contributed by atoms with Gasteiger partial charge in [-0.15, -0.1) is 0 Å². The first kappa shape index (κ1) is 9.65. The Balaban J connectivity index is 2.20. The van der Waals surface area contributed by atoms with Crippen molar-refractivity contribution in [3.05, 3.63) is 36.7 Å². The molecule has 4 N–H and O–H groups in total. The van der Waals surface area contributed by atoms with E-state index in [0.29, 0.717) is 17.1 Å². The zero-order valence-corrected chi connectivity index (χ0v) is 8.88. The van der Waals surface area contributed by atoms with Gasteiger partial charge in [-0.2, -0.15) is 0 Å². The number of nitrogens with one attached hydrogen (secondary N) is 1. The van der Waals surface area contributed by atoms with Crippen LogP contribution in [0.1, 0.15) is 0 Å². The minimum absolute atomic E-state index is 0.108. The van der Waals surface area contributed by atoms with Gasteiger partial charge in [0.05, 0.1) is 22.8 Å². The molecule has 0 fully saturated rings. The van der Waals surface area contributed by atoms with Crippen LogP contribution < -0.4 is 5.73 Å². The number of H-pyrrole nitrogens is 1. The number of benzene rings is 1. The van der Waals surface area contributed by atoms with Crippen LogP contribution in [0.15, 0.2) is 36.7 Å². The predicted molar refractivity (Wildman–Crippen MR) is 65.4 cm³/mol. The predicted octanol–water partition coefficient (Wildman–Crippen LogP) is 1.91. The van der Waals surface area contributed by atoms with Crippen molar-refractivity contribution in [2.45, 2.75) is 0 Å². The number of nitrogens with two attached hydrogens (primary N) is 1. The molecule has 17 heavy (non-hydrogen) atoms. The fraction of sp³-hybridized carbons (Fsp3) is 0. The van der Waals surface area contributed by atoms with Crippen LogP contribution in [0.5, 0.6) is 5.75 Å². The maximum absolute atomic E-state index is 9.81. The van der Waals surface area contributed by atoms with Crippen molar-refractivity contribution < 1.29 is 5.11 Å². The number of phenols is 1. The van der Waals surface area contributed by atoms with Crippen LogP contribution >= 0.6 is 0 Å². The van der Waals surface area contributed by atoms with Crippen LogP contribution in [-0.4, -0.2) is 20.1 Å². The van der Waals surface area contributed by atoms with Crippen LogP contribution in [0.25, 0.3) is 22.4 Å². The van der Waals surface area contributed by atoms with Crippen molar-refractivity contribution in [1.29, 1.82) is 0 Å². The summed E-state index contributed by atoms with van der Waals surface area (Å²) in [5.74, 6) is 0.711. The van der Waals surface area contributed by atoms with Gasteiger partial charge in [-0.3, -0.25) is 4.98 Å². The number of hydrogen-bond acceptors (Lipinski definition) is 4. The number of anilines is 1. The molecular formula is C12H10N4O. The molecule has 3 rings (SSSR count). The molecule has 0 radical (unpaired) electrons. The summed E-state index contributed by atoms with van der Waals surface area (Å²) in [6, 6.07) is 6.76. The molecular weight excluding hydrogens is 216 g/mol. The Kier molecular flexibility index (Phi) is 1.98. The van der Waals surface area contributed by atoms with Gasteiger partial charge in [0.2, 0.25) is 0 Å². The van der Waals surface area contributed by atoms with Crippen molar-refractivity contribution in [3.63, 3.8) is 0 Å². The number of pyridine rings is 1. The Bertz CT molecular complexity index is 657. The fourth-order valence-electron chi connectivity index (χ4n) is 1.73. The van der Waals surface area contributed by atoms with Gasteiger partial charge < -0.3 is 15.8 Å². The van der Waals surface area contributed by atoms with Crippen molar-refractivity contribution >= 4 is 16.7 Å². The number of aromatic hydroxyl groups is 1. The zero-order chi connectivity index (χ0) is 11.8. The van der Waals surface area contributed by atoms with Gasteiger partial charge in [0.15, 0.2) is 0 Å². The third-order valence-electron chi connectivity index (χ3n) is 2.56. The number of nitrogen functional groups attached to an aromatic ring is 1. The number of imidazole rings is 1. The number of phenolic OH excluding ortho intramolecular Hbond substituents is 1. The Hall–Kier alpha value is -2.56. The van der Waals surface area contributed by atoms with Gasteiger partial charge in [0.1, 0.15) is 11.6 Å². The largest absolute Gasteiger partial charge is 0.507 e. The van der Waals surface area contributed by atoms with Gasteiger partial charge in [-0.05, 0) is 18.2 Å². The molecule has 5 nitrogen and oxygen atoms in total. The quantitative estimate of drug-likeness (QED) is 0.553. The van der Waals surface area contributed by atoms with Gasteiger partial charge in [0.25, 0.3) is 0 Å². The van der Waals surface area contributed by atoms with E-state index in [9.17, 15) is 5.11 Å². The fourth-order valence-corrected chi connectivity index (χ4v) is 1.73. The molecule has 0 bridgehead atoms. The number of nitrogens with zero attached hydrogens (tertiary/aromatic N) is 2. The highest BCUT2D eigenvalue weighted by Crippen LogP contribution is 2.29. The second kappa shape index (κ2) is 3.48. The Morgan fingerprint density at radius 2 is 2.12 bits per heavy atom. The molecule has 0 atom stereocenters. The lowest BCUT2D eigenvalue weighted by Crippen LogP contribution is -1.86.